The molecule has 4 heteroatoms. The molecule has 21 heavy (non-hydrogen) atoms. The van der Waals surface area contributed by atoms with E-state index >= 15 is 0 Å². The van der Waals surface area contributed by atoms with Crippen molar-refractivity contribution in [3.8, 4) is 5.75 Å². The molecule has 1 unspecified atom stereocenters. The van der Waals surface area contributed by atoms with Crippen molar-refractivity contribution in [2.24, 2.45) is 0 Å². The van der Waals surface area contributed by atoms with Crippen LogP contribution in [0.4, 0.5) is 0 Å². The van der Waals surface area contributed by atoms with Crippen LogP contribution in [0.3, 0.4) is 0 Å². The standard InChI is InChI=1S/C17H26N2O2/c1-4-21-17-9-6-5-8-15(17)16(20)13-19-11-7-10-18(3)12-14(19)2/h5-6,8-9,14H,4,7,10-13H2,1-3H3. The van der Waals surface area contributed by atoms with E-state index in [0.29, 0.717) is 30.5 Å². The van der Waals surface area contributed by atoms with E-state index < -0.39 is 0 Å². The van der Waals surface area contributed by atoms with Gasteiger partial charge in [-0.15, -0.1) is 0 Å². The van der Waals surface area contributed by atoms with Crippen LogP contribution in [0.15, 0.2) is 24.3 Å². The maximum absolute atomic E-state index is 12.6. The first-order valence-electron chi connectivity index (χ1n) is 7.79. The molecule has 2 rings (SSSR count). The second-order valence-electron chi connectivity index (χ2n) is 5.79. The second kappa shape index (κ2) is 7.57. The van der Waals surface area contributed by atoms with Crippen molar-refractivity contribution in [3.05, 3.63) is 29.8 Å². The molecule has 1 saturated heterocycles. The van der Waals surface area contributed by atoms with Gasteiger partial charge in [-0.1, -0.05) is 12.1 Å². The highest BCUT2D eigenvalue weighted by molar-refractivity contribution is 6.00. The molecule has 0 spiro atoms. The van der Waals surface area contributed by atoms with Crippen LogP contribution in [0.25, 0.3) is 0 Å². The maximum Gasteiger partial charge on any atom is 0.180 e. The summed E-state index contributed by atoms with van der Waals surface area (Å²) in [6, 6.07) is 7.94. The van der Waals surface area contributed by atoms with Gasteiger partial charge >= 0.3 is 0 Å². The van der Waals surface area contributed by atoms with Gasteiger partial charge in [0, 0.05) is 19.1 Å². The zero-order valence-corrected chi connectivity index (χ0v) is 13.3. The van der Waals surface area contributed by atoms with E-state index in [2.05, 4.69) is 23.8 Å². The van der Waals surface area contributed by atoms with Crippen molar-refractivity contribution < 1.29 is 9.53 Å². The van der Waals surface area contributed by atoms with Crippen LogP contribution in [0.2, 0.25) is 0 Å². The Bertz CT molecular complexity index is 476. The molecule has 0 N–H and O–H groups in total. The number of para-hydroxylation sites is 1. The molecule has 0 amide bonds. The summed E-state index contributed by atoms with van der Waals surface area (Å²) >= 11 is 0. The zero-order valence-electron chi connectivity index (χ0n) is 13.3. The Morgan fingerprint density at radius 3 is 2.86 bits per heavy atom. The first-order chi connectivity index (χ1) is 10.1. The number of benzene rings is 1. The molecule has 4 nitrogen and oxygen atoms in total. The SMILES string of the molecule is CCOc1ccccc1C(=O)CN1CCCN(C)CC1C. The van der Waals surface area contributed by atoms with E-state index in [4.69, 9.17) is 4.74 Å². The Labute approximate surface area is 127 Å². The number of ketones is 1. The molecule has 1 fully saturated rings. The van der Waals surface area contributed by atoms with Gasteiger partial charge < -0.3 is 9.64 Å². The highest BCUT2D eigenvalue weighted by Crippen LogP contribution is 2.20. The number of carbonyl (C=O) groups excluding carboxylic acids is 1. The van der Waals surface area contributed by atoms with Crippen LogP contribution in [0.1, 0.15) is 30.6 Å². The fraction of sp³-hybridized carbons (Fsp3) is 0.588. The minimum atomic E-state index is 0.149. The Kier molecular flexibility index (Phi) is 5.76. The van der Waals surface area contributed by atoms with Gasteiger partial charge in [0.05, 0.1) is 18.7 Å². The monoisotopic (exact) mass is 290 g/mol. The summed E-state index contributed by atoms with van der Waals surface area (Å²) in [7, 11) is 2.15. The third kappa shape index (κ3) is 4.29. The lowest BCUT2D eigenvalue weighted by Gasteiger charge is -2.27. The molecule has 1 atom stereocenters. The third-order valence-electron chi connectivity index (χ3n) is 4.02. The molecule has 1 aromatic carbocycles. The smallest absolute Gasteiger partial charge is 0.180 e. The zero-order chi connectivity index (χ0) is 15.2. The number of nitrogens with zero attached hydrogens (tertiary/aromatic N) is 2. The summed E-state index contributed by atoms with van der Waals surface area (Å²) in [5.41, 5.74) is 0.698. The Balaban J connectivity index is 2.07. The van der Waals surface area contributed by atoms with Crippen LogP contribution >= 0.6 is 0 Å². The average molecular weight is 290 g/mol. The van der Waals surface area contributed by atoms with Crippen molar-refractivity contribution >= 4 is 5.78 Å². The predicted molar refractivity (Wildman–Crippen MR) is 85.1 cm³/mol. The molecular weight excluding hydrogens is 264 g/mol. The van der Waals surface area contributed by atoms with E-state index in [9.17, 15) is 4.79 Å². The Morgan fingerprint density at radius 1 is 1.33 bits per heavy atom. The first-order valence-corrected chi connectivity index (χ1v) is 7.79. The molecule has 0 aliphatic carbocycles. The van der Waals surface area contributed by atoms with Crippen molar-refractivity contribution in [2.45, 2.75) is 26.3 Å². The summed E-state index contributed by atoms with van der Waals surface area (Å²) < 4.78 is 5.57. The molecule has 1 heterocycles. The molecule has 1 aliphatic heterocycles. The van der Waals surface area contributed by atoms with Gasteiger partial charge in [-0.3, -0.25) is 9.69 Å². The van der Waals surface area contributed by atoms with E-state index in [1.807, 2.05) is 31.2 Å². The highest BCUT2D eigenvalue weighted by Gasteiger charge is 2.23. The number of hydrogen-bond donors (Lipinski definition) is 0. The number of rotatable bonds is 5. The molecule has 116 valence electrons. The van der Waals surface area contributed by atoms with Crippen LogP contribution in [0, 0.1) is 0 Å². The number of carbonyl (C=O) groups is 1. The number of hydrogen-bond acceptors (Lipinski definition) is 4. The maximum atomic E-state index is 12.6. The van der Waals surface area contributed by atoms with Crippen molar-refractivity contribution in [2.75, 3.05) is 39.8 Å². The minimum Gasteiger partial charge on any atom is -0.493 e. The fourth-order valence-corrected chi connectivity index (χ4v) is 2.90. The average Bonchev–Trinajstić information content (AvgIpc) is 2.61. The number of Topliss-reactive ketones (excluding diaryl/α,β-unsaturated/α-hetero) is 1. The van der Waals surface area contributed by atoms with Gasteiger partial charge in [-0.05, 0) is 46.0 Å². The molecule has 0 saturated carbocycles. The molecule has 1 aromatic rings. The van der Waals surface area contributed by atoms with E-state index in [0.717, 1.165) is 26.1 Å². The lowest BCUT2D eigenvalue weighted by Crippen LogP contribution is -2.40. The van der Waals surface area contributed by atoms with Gasteiger partial charge in [-0.25, -0.2) is 0 Å². The normalized spacial score (nSPS) is 21.0. The van der Waals surface area contributed by atoms with E-state index in [1.54, 1.807) is 0 Å². The van der Waals surface area contributed by atoms with E-state index in [1.165, 1.54) is 0 Å². The largest absolute Gasteiger partial charge is 0.493 e. The summed E-state index contributed by atoms with van der Waals surface area (Å²) in [5, 5.41) is 0. The molecule has 0 bridgehead atoms. The van der Waals surface area contributed by atoms with Gasteiger partial charge in [0.25, 0.3) is 0 Å². The lowest BCUT2D eigenvalue weighted by atomic mass is 10.1. The van der Waals surface area contributed by atoms with Crippen LogP contribution < -0.4 is 4.74 Å². The van der Waals surface area contributed by atoms with Crippen LogP contribution in [-0.4, -0.2) is 61.5 Å². The first kappa shape index (κ1) is 16.0. The number of ether oxygens (including phenoxy) is 1. The van der Waals surface area contributed by atoms with Crippen LogP contribution in [0.5, 0.6) is 5.75 Å². The minimum absolute atomic E-state index is 0.149. The summed E-state index contributed by atoms with van der Waals surface area (Å²) in [6.45, 7) is 8.28. The lowest BCUT2D eigenvalue weighted by molar-refractivity contribution is 0.0896. The molecule has 1 aliphatic rings. The fourth-order valence-electron chi connectivity index (χ4n) is 2.90. The quantitative estimate of drug-likeness (QED) is 0.779. The van der Waals surface area contributed by atoms with Gasteiger partial charge in [0.1, 0.15) is 5.75 Å². The summed E-state index contributed by atoms with van der Waals surface area (Å²) in [5.74, 6) is 0.847. The van der Waals surface area contributed by atoms with Crippen molar-refractivity contribution in [3.63, 3.8) is 0 Å². The predicted octanol–water partition coefficient (Wildman–Crippen LogP) is 2.29. The topological polar surface area (TPSA) is 32.8 Å². The highest BCUT2D eigenvalue weighted by atomic mass is 16.5. The van der Waals surface area contributed by atoms with Gasteiger partial charge in [0.15, 0.2) is 5.78 Å². The molecule has 0 aromatic heterocycles. The summed E-state index contributed by atoms with van der Waals surface area (Å²) in [4.78, 5) is 17.2. The van der Waals surface area contributed by atoms with Crippen molar-refractivity contribution in [1.82, 2.24) is 9.80 Å². The van der Waals surface area contributed by atoms with Crippen LogP contribution in [-0.2, 0) is 0 Å². The van der Waals surface area contributed by atoms with Crippen molar-refractivity contribution in [1.29, 1.82) is 0 Å². The van der Waals surface area contributed by atoms with Gasteiger partial charge in [0.2, 0.25) is 0 Å². The second-order valence-corrected chi connectivity index (χ2v) is 5.79. The van der Waals surface area contributed by atoms with E-state index in [-0.39, 0.29) is 5.78 Å². The Morgan fingerprint density at radius 2 is 2.10 bits per heavy atom. The summed E-state index contributed by atoms with van der Waals surface area (Å²) in [6.07, 6.45) is 1.11. The number of likely N-dealkylation sites (N-methyl/N-ethyl adjacent to an activating group) is 1. The third-order valence-corrected chi connectivity index (χ3v) is 4.02. The molecule has 0 radical (unpaired) electrons. The Hall–Kier alpha value is -1.39. The van der Waals surface area contributed by atoms with Gasteiger partial charge in [-0.2, -0.15) is 0 Å². The molecular formula is C17H26N2O2.